The first-order chi connectivity index (χ1) is 13.9. The lowest BCUT2D eigenvalue weighted by atomic mass is 10.0. The Morgan fingerprint density at radius 1 is 1.17 bits per heavy atom. The van der Waals surface area contributed by atoms with Crippen molar-refractivity contribution < 1.29 is 19.1 Å². The van der Waals surface area contributed by atoms with Crippen LogP contribution in [0.3, 0.4) is 0 Å². The fourth-order valence-corrected chi connectivity index (χ4v) is 3.45. The predicted molar refractivity (Wildman–Crippen MR) is 107 cm³/mol. The van der Waals surface area contributed by atoms with Gasteiger partial charge in [0.15, 0.2) is 0 Å². The van der Waals surface area contributed by atoms with E-state index in [4.69, 9.17) is 0 Å². The number of benzene rings is 2. The highest BCUT2D eigenvalue weighted by Gasteiger charge is 2.32. The van der Waals surface area contributed by atoms with Crippen molar-refractivity contribution in [2.75, 3.05) is 13.6 Å². The number of aliphatic hydroxyl groups excluding tert-OH is 1. The van der Waals surface area contributed by atoms with E-state index in [9.17, 15) is 19.1 Å². The fourth-order valence-electron chi connectivity index (χ4n) is 3.45. The molecule has 0 bridgehead atoms. The molecular weight excluding hydrogens is 373 g/mol. The smallest absolute Gasteiger partial charge is 0.245 e. The molecule has 0 aliphatic carbocycles. The quantitative estimate of drug-likeness (QED) is 0.654. The molecule has 0 saturated carbocycles. The van der Waals surface area contributed by atoms with Crippen molar-refractivity contribution in [3.63, 3.8) is 0 Å². The SMILES string of the molecule is CN(Cc1ccccc1)C(=O)[C@H](Cc1ccc(F)cc1)NC(=O)[C@@H]1C[C@@H](O)CN1. The summed E-state index contributed by atoms with van der Waals surface area (Å²) in [7, 11) is 1.69. The Morgan fingerprint density at radius 3 is 2.48 bits per heavy atom. The minimum atomic E-state index is -0.791. The summed E-state index contributed by atoms with van der Waals surface area (Å²) in [5.41, 5.74) is 1.73. The Balaban J connectivity index is 1.72. The van der Waals surface area contributed by atoms with Gasteiger partial charge in [0.2, 0.25) is 11.8 Å². The number of hydrogen-bond donors (Lipinski definition) is 3. The zero-order valence-corrected chi connectivity index (χ0v) is 16.3. The molecular formula is C22H26FN3O3. The average molecular weight is 399 g/mol. The molecule has 1 aliphatic heterocycles. The van der Waals surface area contributed by atoms with Crippen molar-refractivity contribution in [3.05, 3.63) is 71.5 Å². The van der Waals surface area contributed by atoms with Gasteiger partial charge in [-0.05, 0) is 29.7 Å². The van der Waals surface area contributed by atoms with E-state index in [-0.39, 0.29) is 24.1 Å². The molecule has 1 saturated heterocycles. The number of amides is 2. The van der Waals surface area contributed by atoms with Crippen molar-refractivity contribution in [1.82, 2.24) is 15.5 Å². The van der Waals surface area contributed by atoms with E-state index < -0.39 is 18.2 Å². The average Bonchev–Trinajstić information content (AvgIpc) is 3.16. The second-order valence-electron chi connectivity index (χ2n) is 7.42. The molecule has 3 atom stereocenters. The molecule has 1 fully saturated rings. The molecule has 2 aromatic rings. The van der Waals surface area contributed by atoms with E-state index in [1.807, 2.05) is 30.3 Å². The van der Waals surface area contributed by atoms with Gasteiger partial charge in [-0.3, -0.25) is 9.59 Å². The van der Waals surface area contributed by atoms with E-state index in [0.717, 1.165) is 11.1 Å². The van der Waals surface area contributed by atoms with Gasteiger partial charge < -0.3 is 20.6 Å². The minimum Gasteiger partial charge on any atom is -0.392 e. The molecule has 0 spiro atoms. The number of nitrogens with one attached hydrogen (secondary N) is 2. The van der Waals surface area contributed by atoms with Crippen molar-refractivity contribution in [2.45, 2.75) is 37.6 Å². The molecule has 0 unspecified atom stereocenters. The monoisotopic (exact) mass is 399 g/mol. The van der Waals surface area contributed by atoms with Crippen molar-refractivity contribution in [2.24, 2.45) is 0 Å². The third kappa shape index (κ3) is 5.85. The van der Waals surface area contributed by atoms with Crippen LogP contribution in [-0.2, 0) is 22.6 Å². The number of β-amino-alcohol motifs (C(OH)–C–C–N with tert-alkyl or cyclic N) is 1. The Hall–Kier alpha value is -2.77. The summed E-state index contributed by atoms with van der Waals surface area (Å²) in [4.78, 5) is 27.3. The molecule has 29 heavy (non-hydrogen) atoms. The molecule has 3 N–H and O–H groups in total. The standard InChI is InChI=1S/C22H26FN3O3/c1-26(14-16-5-3-2-4-6-16)22(29)20(11-15-7-9-17(23)10-8-15)25-21(28)19-12-18(27)13-24-19/h2-10,18-20,24,27H,11-14H2,1H3,(H,25,28)/t18-,19+,20+/m1/s1. The van der Waals surface area contributed by atoms with Gasteiger partial charge in [-0.25, -0.2) is 4.39 Å². The number of nitrogens with zero attached hydrogens (tertiary/aromatic N) is 1. The number of aliphatic hydroxyl groups is 1. The molecule has 2 amide bonds. The normalized spacial score (nSPS) is 19.6. The first kappa shape index (κ1) is 21.0. The van der Waals surface area contributed by atoms with Crippen molar-refractivity contribution >= 4 is 11.8 Å². The van der Waals surface area contributed by atoms with Gasteiger partial charge in [0.25, 0.3) is 0 Å². The van der Waals surface area contributed by atoms with Crippen LogP contribution < -0.4 is 10.6 Å². The molecule has 2 aromatic carbocycles. The van der Waals surface area contributed by atoms with Crippen LogP contribution in [0.25, 0.3) is 0 Å². The molecule has 3 rings (SSSR count). The largest absolute Gasteiger partial charge is 0.392 e. The van der Waals surface area contributed by atoms with Crippen LogP contribution >= 0.6 is 0 Å². The van der Waals surface area contributed by atoms with E-state index in [2.05, 4.69) is 10.6 Å². The second kappa shape index (κ2) is 9.62. The van der Waals surface area contributed by atoms with Gasteiger partial charge in [-0.15, -0.1) is 0 Å². The third-order valence-electron chi connectivity index (χ3n) is 5.03. The summed E-state index contributed by atoms with van der Waals surface area (Å²) in [5, 5.41) is 15.4. The van der Waals surface area contributed by atoms with Crippen LogP contribution in [0, 0.1) is 5.82 Å². The number of likely N-dealkylation sites (N-methyl/N-ethyl adjacent to an activating group) is 1. The molecule has 1 heterocycles. The van der Waals surface area contributed by atoms with Gasteiger partial charge in [0.1, 0.15) is 11.9 Å². The van der Waals surface area contributed by atoms with Crippen molar-refractivity contribution in [3.8, 4) is 0 Å². The van der Waals surface area contributed by atoms with Crippen LogP contribution in [0.15, 0.2) is 54.6 Å². The fraction of sp³-hybridized carbons (Fsp3) is 0.364. The lowest BCUT2D eigenvalue weighted by Gasteiger charge is -2.26. The number of hydrogen-bond acceptors (Lipinski definition) is 4. The highest BCUT2D eigenvalue weighted by atomic mass is 19.1. The summed E-state index contributed by atoms with van der Waals surface area (Å²) in [6.45, 7) is 0.762. The Morgan fingerprint density at radius 2 is 1.86 bits per heavy atom. The summed E-state index contributed by atoms with van der Waals surface area (Å²) in [5.74, 6) is -0.911. The molecule has 154 valence electrons. The zero-order chi connectivity index (χ0) is 20.8. The lowest BCUT2D eigenvalue weighted by Crippen LogP contribution is -2.52. The topological polar surface area (TPSA) is 81.7 Å². The van der Waals surface area contributed by atoms with Crippen LogP contribution in [-0.4, -0.2) is 53.6 Å². The first-order valence-electron chi connectivity index (χ1n) is 9.67. The predicted octanol–water partition coefficient (Wildman–Crippen LogP) is 1.23. The molecule has 6 nitrogen and oxygen atoms in total. The number of carbonyl (C=O) groups is 2. The number of halogens is 1. The summed E-state index contributed by atoms with van der Waals surface area (Å²) >= 11 is 0. The second-order valence-corrected chi connectivity index (χ2v) is 7.42. The van der Waals surface area contributed by atoms with Crippen molar-refractivity contribution in [1.29, 1.82) is 0 Å². The molecule has 0 aromatic heterocycles. The van der Waals surface area contributed by atoms with E-state index in [1.165, 1.54) is 12.1 Å². The van der Waals surface area contributed by atoms with Gasteiger partial charge in [0, 0.05) is 26.6 Å². The van der Waals surface area contributed by atoms with Gasteiger partial charge in [-0.2, -0.15) is 0 Å². The molecule has 7 heteroatoms. The number of carbonyl (C=O) groups excluding carboxylic acids is 2. The Kier molecular flexibility index (Phi) is 6.95. The van der Waals surface area contributed by atoms with Crippen LogP contribution in [0.2, 0.25) is 0 Å². The van der Waals surface area contributed by atoms with Gasteiger partial charge in [-0.1, -0.05) is 42.5 Å². The van der Waals surface area contributed by atoms with Gasteiger partial charge >= 0.3 is 0 Å². The maximum absolute atomic E-state index is 13.2. The molecule has 0 radical (unpaired) electrons. The summed E-state index contributed by atoms with van der Waals surface area (Å²) in [6.07, 6.45) is -0.0136. The van der Waals surface area contributed by atoms with E-state index in [1.54, 1.807) is 24.1 Å². The maximum Gasteiger partial charge on any atom is 0.245 e. The van der Waals surface area contributed by atoms with Crippen LogP contribution in [0.1, 0.15) is 17.5 Å². The van der Waals surface area contributed by atoms with E-state index >= 15 is 0 Å². The summed E-state index contributed by atoms with van der Waals surface area (Å²) < 4.78 is 13.2. The van der Waals surface area contributed by atoms with Crippen LogP contribution in [0.4, 0.5) is 4.39 Å². The Bertz CT molecular complexity index is 829. The maximum atomic E-state index is 13.2. The molecule has 1 aliphatic rings. The highest BCUT2D eigenvalue weighted by Crippen LogP contribution is 2.12. The number of rotatable bonds is 7. The summed E-state index contributed by atoms with van der Waals surface area (Å²) in [6, 6.07) is 14.1. The Labute approximate surface area is 169 Å². The van der Waals surface area contributed by atoms with E-state index in [0.29, 0.717) is 19.5 Å². The zero-order valence-electron chi connectivity index (χ0n) is 16.3. The van der Waals surface area contributed by atoms with Crippen LogP contribution in [0.5, 0.6) is 0 Å². The van der Waals surface area contributed by atoms with Gasteiger partial charge in [0.05, 0.1) is 12.1 Å². The minimum absolute atomic E-state index is 0.231. The third-order valence-corrected chi connectivity index (χ3v) is 5.03. The highest BCUT2D eigenvalue weighted by molar-refractivity contribution is 5.90. The lowest BCUT2D eigenvalue weighted by molar-refractivity contribution is -0.136. The first-order valence-corrected chi connectivity index (χ1v) is 9.67.